The van der Waals surface area contributed by atoms with Crippen molar-refractivity contribution in [3.05, 3.63) is 27.2 Å². The number of nitrogens with zero attached hydrogens (tertiary/aromatic N) is 4. The number of nitrogens with one attached hydrogen (secondary N) is 1. The number of aryl methyl sites for hydroxylation is 2. The molecule has 3 rings (SSSR count). The Kier molecular flexibility index (Phi) is 5.69. The Morgan fingerprint density at radius 1 is 1.36 bits per heavy atom. The minimum absolute atomic E-state index is 0. The van der Waals surface area contributed by atoms with Gasteiger partial charge in [0.25, 0.3) is 5.56 Å². The van der Waals surface area contributed by atoms with E-state index in [-0.39, 0.29) is 36.8 Å². The SMILES string of the molecule is Cl.Cn1cnc2c1c(=O)n(CC(=O)NC1CCCC1CN)c(=O)n2C. The molecule has 1 fully saturated rings. The molecule has 25 heavy (non-hydrogen) atoms. The second-order valence-electron chi connectivity index (χ2n) is 6.36. The highest BCUT2D eigenvalue weighted by molar-refractivity contribution is 5.85. The van der Waals surface area contributed by atoms with Crippen LogP contribution in [-0.4, -0.2) is 37.2 Å². The molecule has 2 atom stereocenters. The number of aromatic nitrogens is 4. The summed E-state index contributed by atoms with van der Waals surface area (Å²) in [6.45, 7) is 0.216. The van der Waals surface area contributed by atoms with Gasteiger partial charge in [-0.2, -0.15) is 0 Å². The average Bonchev–Trinajstić information content (AvgIpc) is 3.15. The van der Waals surface area contributed by atoms with E-state index in [1.54, 1.807) is 11.6 Å². The van der Waals surface area contributed by atoms with Crippen LogP contribution in [0.2, 0.25) is 0 Å². The quantitative estimate of drug-likeness (QED) is 0.723. The van der Waals surface area contributed by atoms with Crippen molar-refractivity contribution in [1.29, 1.82) is 0 Å². The lowest BCUT2D eigenvalue weighted by atomic mass is 10.0. The summed E-state index contributed by atoms with van der Waals surface area (Å²) in [6, 6.07) is 0.0162. The number of imidazole rings is 1. The van der Waals surface area contributed by atoms with Crippen LogP contribution in [0.25, 0.3) is 11.2 Å². The molecule has 10 heteroatoms. The van der Waals surface area contributed by atoms with Crippen LogP contribution in [0.1, 0.15) is 19.3 Å². The first kappa shape index (κ1) is 19.2. The molecule has 0 spiro atoms. The van der Waals surface area contributed by atoms with Gasteiger partial charge in [-0.1, -0.05) is 6.42 Å². The predicted octanol–water partition coefficient (Wildman–Crippen LogP) is -0.901. The predicted molar refractivity (Wildman–Crippen MR) is 95.8 cm³/mol. The van der Waals surface area contributed by atoms with Crippen LogP contribution in [0.3, 0.4) is 0 Å². The molecule has 0 aromatic carbocycles. The van der Waals surface area contributed by atoms with Gasteiger partial charge in [-0.3, -0.25) is 14.2 Å². The van der Waals surface area contributed by atoms with Crippen molar-refractivity contribution in [2.75, 3.05) is 6.54 Å². The Balaban J connectivity index is 0.00000225. The molecule has 2 unspecified atom stereocenters. The van der Waals surface area contributed by atoms with E-state index in [1.165, 1.54) is 17.9 Å². The van der Waals surface area contributed by atoms with Crippen molar-refractivity contribution in [2.45, 2.75) is 31.8 Å². The van der Waals surface area contributed by atoms with Crippen molar-refractivity contribution in [3.8, 4) is 0 Å². The first-order chi connectivity index (χ1) is 11.4. The van der Waals surface area contributed by atoms with Gasteiger partial charge in [0.2, 0.25) is 5.91 Å². The number of hydrogen-bond donors (Lipinski definition) is 2. The molecular formula is C15H23ClN6O3. The van der Waals surface area contributed by atoms with Crippen molar-refractivity contribution in [1.82, 2.24) is 24.0 Å². The van der Waals surface area contributed by atoms with Gasteiger partial charge in [0.15, 0.2) is 11.2 Å². The fourth-order valence-corrected chi connectivity index (χ4v) is 3.44. The van der Waals surface area contributed by atoms with Gasteiger partial charge < -0.3 is 15.6 Å². The van der Waals surface area contributed by atoms with E-state index in [0.29, 0.717) is 17.7 Å². The molecule has 0 radical (unpaired) electrons. The fourth-order valence-electron chi connectivity index (χ4n) is 3.44. The molecular weight excluding hydrogens is 348 g/mol. The van der Waals surface area contributed by atoms with Gasteiger partial charge in [0, 0.05) is 20.1 Å². The van der Waals surface area contributed by atoms with Crippen LogP contribution in [0.5, 0.6) is 0 Å². The van der Waals surface area contributed by atoms with Gasteiger partial charge in [0.1, 0.15) is 6.54 Å². The monoisotopic (exact) mass is 370 g/mol. The van der Waals surface area contributed by atoms with Crippen LogP contribution < -0.4 is 22.3 Å². The molecule has 0 bridgehead atoms. The molecule has 0 saturated heterocycles. The third kappa shape index (κ3) is 3.34. The number of amides is 1. The number of carbonyl (C=O) groups excluding carboxylic acids is 1. The molecule has 1 saturated carbocycles. The zero-order chi connectivity index (χ0) is 17.4. The van der Waals surface area contributed by atoms with E-state index in [0.717, 1.165) is 23.8 Å². The van der Waals surface area contributed by atoms with E-state index >= 15 is 0 Å². The van der Waals surface area contributed by atoms with E-state index in [9.17, 15) is 14.4 Å². The number of rotatable bonds is 4. The molecule has 138 valence electrons. The van der Waals surface area contributed by atoms with Gasteiger partial charge in [-0.05, 0) is 25.3 Å². The Bertz CT molecular complexity index is 899. The van der Waals surface area contributed by atoms with Crippen LogP contribution in [0, 0.1) is 5.92 Å². The molecule has 1 aliphatic carbocycles. The number of hydrogen-bond acceptors (Lipinski definition) is 5. The average molecular weight is 371 g/mol. The van der Waals surface area contributed by atoms with Gasteiger partial charge in [0.05, 0.1) is 6.33 Å². The number of carbonyl (C=O) groups is 1. The summed E-state index contributed by atoms with van der Waals surface area (Å²) < 4.78 is 3.78. The summed E-state index contributed by atoms with van der Waals surface area (Å²) in [4.78, 5) is 41.3. The van der Waals surface area contributed by atoms with Gasteiger partial charge in [-0.15, -0.1) is 12.4 Å². The van der Waals surface area contributed by atoms with Crippen LogP contribution >= 0.6 is 12.4 Å². The van der Waals surface area contributed by atoms with Crippen LogP contribution in [0.15, 0.2) is 15.9 Å². The normalized spacial score (nSPS) is 19.8. The number of fused-ring (bicyclic) bond motifs is 1. The highest BCUT2D eigenvalue weighted by atomic mass is 35.5. The largest absolute Gasteiger partial charge is 0.351 e. The molecule has 2 heterocycles. The summed E-state index contributed by atoms with van der Waals surface area (Å²) in [6.07, 6.45) is 4.36. The third-order valence-corrected chi connectivity index (χ3v) is 4.81. The summed E-state index contributed by atoms with van der Waals surface area (Å²) in [5.74, 6) is -0.0888. The first-order valence-electron chi connectivity index (χ1n) is 8.04. The Morgan fingerprint density at radius 2 is 2.08 bits per heavy atom. The first-order valence-corrected chi connectivity index (χ1v) is 8.04. The van der Waals surface area contributed by atoms with Gasteiger partial charge in [-0.25, -0.2) is 14.3 Å². The minimum Gasteiger partial charge on any atom is -0.351 e. The van der Waals surface area contributed by atoms with Crippen molar-refractivity contribution < 1.29 is 4.79 Å². The number of nitrogens with two attached hydrogens (primary N) is 1. The second-order valence-corrected chi connectivity index (χ2v) is 6.36. The molecule has 2 aromatic rings. The molecule has 3 N–H and O–H groups in total. The topological polar surface area (TPSA) is 117 Å². The summed E-state index contributed by atoms with van der Waals surface area (Å²) in [5.41, 5.74) is 5.26. The van der Waals surface area contributed by atoms with Crippen molar-refractivity contribution >= 4 is 29.5 Å². The Morgan fingerprint density at radius 3 is 2.76 bits per heavy atom. The zero-order valence-corrected chi connectivity index (χ0v) is 15.1. The van der Waals surface area contributed by atoms with Crippen molar-refractivity contribution in [3.63, 3.8) is 0 Å². The fraction of sp³-hybridized carbons (Fsp3) is 0.600. The third-order valence-electron chi connectivity index (χ3n) is 4.81. The Hall–Kier alpha value is -2.13. The van der Waals surface area contributed by atoms with Crippen molar-refractivity contribution in [2.24, 2.45) is 25.7 Å². The van der Waals surface area contributed by atoms with E-state index in [1.807, 2.05) is 0 Å². The van der Waals surface area contributed by atoms with Crippen LogP contribution in [0.4, 0.5) is 0 Å². The highest BCUT2D eigenvalue weighted by Crippen LogP contribution is 2.24. The second kappa shape index (κ2) is 7.40. The highest BCUT2D eigenvalue weighted by Gasteiger charge is 2.27. The van der Waals surface area contributed by atoms with E-state index < -0.39 is 11.2 Å². The van der Waals surface area contributed by atoms with E-state index in [2.05, 4.69) is 10.3 Å². The number of halogens is 1. The Labute approximate surface area is 150 Å². The summed E-state index contributed by atoms with van der Waals surface area (Å²) >= 11 is 0. The lowest BCUT2D eigenvalue weighted by Gasteiger charge is -2.19. The summed E-state index contributed by atoms with van der Waals surface area (Å²) in [7, 11) is 3.21. The summed E-state index contributed by atoms with van der Waals surface area (Å²) in [5, 5.41) is 2.91. The molecule has 2 aromatic heterocycles. The van der Waals surface area contributed by atoms with E-state index in [4.69, 9.17) is 5.73 Å². The molecule has 1 aliphatic rings. The smallest absolute Gasteiger partial charge is 0.332 e. The molecule has 9 nitrogen and oxygen atoms in total. The van der Waals surface area contributed by atoms with Gasteiger partial charge >= 0.3 is 5.69 Å². The lowest BCUT2D eigenvalue weighted by molar-refractivity contribution is -0.122. The standard InChI is InChI=1S/C15H22N6O3.ClH/c1-19-8-17-13-12(19)14(23)21(15(24)20(13)2)7-11(22)18-10-5-3-4-9(10)6-16;/h8-10H,3-7,16H2,1-2H3,(H,18,22);1H. The minimum atomic E-state index is -0.553. The molecule has 0 aliphatic heterocycles. The maximum Gasteiger partial charge on any atom is 0.332 e. The molecule has 1 amide bonds. The maximum atomic E-state index is 12.6. The lowest BCUT2D eigenvalue weighted by Crippen LogP contribution is -2.46. The maximum absolute atomic E-state index is 12.6. The zero-order valence-electron chi connectivity index (χ0n) is 14.3. The van der Waals surface area contributed by atoms with Crippen LogP contribution in [-0.2, 0) is 25.4 Å².